The Labute approximate surface area is 224 Å². The van der Waals surface area contributed by atoms with Gasteiger partial charge < -0.3 is 50.8 Å². The Morgan fingerprint density at radius 3 is 1.90 bits per heavy atom. The summed E-state index contributed by atoms with van der Waals surface area (Å²) in [5.74, 6) is 0.482. The predicted molar refractivity (Wildman–Crippen MR) is 134 cm³/mol. The van der Waals surface area contributed by atoms with E-state index in [0.717, 1.165) is 0 Å². The number of hydrogen-bond acceptors (Lipinski definition) is 15. The third-order valence-electron chi connectivity index (χ3n) is 6.17. The summed E-state index contributed by atoms with van der Waals surface area (Å²) in [6, 6.07) is 0. The lowest BCUT2D eigenvalue weighted by Gasteiger charge is -2.17. The van der Waals surface area contributed by atoms with Crippen LogP contribution >= 0.6 is 7.60 Å². The van der Waals surface area contributed by atoms with Gasteiger partial charge in [-0.1, -0.05) is 0 Å². The molecule has 4 aromatic rings. The summed E-state index contributed by atoms with van der Waals surface area (Å²) in [5.41, 5.74) is 13.1. The van der Waals surface area contributed by atoms with Gasteiger partial charge >= 0.3 is 7.60 Å². The molecule has 9 N–H and O–H groups in total. The van der Waals surface area contributed by atoms with E-state index in [0.29, 0.717) is 28.7 Å². The van der Waals surface area contributed by atoms with Crippen LogP contribution in [0.5, 0.6) is 0 Å². The quantitative estimate of drug-likeness (QED) is 0.124. The van der Waals surface area contributed by atoms with E-state index < -0.39 is 44.9 Å². The smallest absolute Gasteiger partial charge is 0.351 e. The van der Waals surface area contributed by atoms with Gasteiger partial charge in [-0.3, -0.25) is 13.7 Å². The van der Waals surface area contributed by atoms with Crippen molar-refractivity contribution < 1.29 is 43.9 Å². The van der Waals surface area contributed by atoms with Gasteiger partial charge in [-0.15, -0.1) is 0 Å². The number of aromatic nitrogens is 8. The van der Waals surface area contributed by atoms with Crippen LogP contribution in [0.3, 0.4) is 0 Å². The van der Waals surface area contributed by atoms with E-state index in [1.165, 1.54) is 29.9 Å². The van der Waals surface area contributed by atoms with Gasteiger partial charge in [0, 0.05) is 12.8 Å². The monoisotopic (exact) mass is 582 g/mol. The summed E-state index contributed by atoms with van der Waals surface area (Å²) in [6.07, 6.45) is 0.723. The first-order valence-electron chi connectivity index (χ1n) is 11.9. The van der Waals surface area contributed by atoms with Crippen molar-refractivity contribution in [3.8, 4) is 0 Å². The highest BCUT2D eigenvalue weighted by molar-refractivity contribution is 7.51. The van der Waals surface area contributed by atoms with E-state index in [-0.39, 0.29) is 30.8 Å². The van der Waals surface area contributed by atoms with Gasteiger partial charge in [0.2, 0.25) is 0 Å². The molecule has 2 aliphatic rings. The number of ether oxygens (including phenoxy) is 3. The highest BCUT2D eigenvalue weighted by Gasteiger charge is 2.38. The van der Waals surface area contributed by atoms with Crippen LogP contribution in [0.15, 0.2) is 25.3 Å². The van der Waals surface area contributed by atoms with Crippen molar-refractivity contribution in [2.45, 2.75) is 49.9 Å². The number of anilines is 2. The minimum Gasteiger partial charge on any atom is -0.394 e. The van der Waals surface area contributed by atoms with Crippen molar-refractivity contribution in [1.82, 2.24) is 39.0 Å². The second-order valence-electron chi connectivity index (χ2n) is 9.02. The number of rotatable bonds is 6. The summed E-state index contributed by atoms with van der Waals surface area (Å²) in [7, 11) is -4.30. The fourth-order valence-corrected chi connectivity index (χ4v) is 4.72. The van der Waals surface area contributed by atoms with Crippen molar-refractivity contribution in [3.05, 3.63) is 25.3 Å². The van der Waals surface area contributed by atoms with E-state index in [1.807, 2.05) is 0 Å². The molecule has 0 amide bonds. The normalized spacial score (nSPS) is 26.8. The number of nitrogens with two attached hydrogens (primary N) is 2. The molecular weight excluding hydrogens is 555 g/mol. The second-order valence-corrected chi connectivity index (χ2v) is 10.6. The topological polar surface area (TPSA) is 285 Å². The number of fused-ring (bicyclic) bond motifs is 2. The highest BCUT2D eigenvalue weighted by Crippen LogP contribution is 2.38. The molecule has 2 saturated heterocycles. The summed E-state index contributed by atoms with van der Waals surface area (Å²) in [4.78, 5) is 41.5. The maximum Gasteiger partial charge on any atom is 0.351 e. The van der Waals surface area contributed by atoms with Crippen molar-refractivity contribution in [3.63, 3.8) is 0 Å². The molecule has 0 radical (unpaired) electrons. The first-order valence-corrected chi connectivity index (χ1v) is 13.7. The van der Waals surface area contributed by atoms with E-state index in [2.05, 4.69) is 29.9 Å². The molecule has 216 valence electrons. The molecule has 6 rings (SSSR count). The Morgan fingerprint density at radius 1 is 0.875 bits per heavy atom. The standard InChI is InChI=1S/C10H14N5O6P.C10H13N5O3/c11-8-7-9(13-2-12-8)15(3-14-7)10-5(16)1-6(21-10)20-4-22(17,18)19;11-8-7-9(13-3-12-8)15(4-14-7)10-6(17)1-5(2-16)18-10/h2-3,5-6,10,16H,1,4H2,(H2,11,12,13)(H2,17,18,19);3-6,10,16-17H,1-2H2,(H2,11,12,13)/t2*5-,6-,10+/m00/s1. The minimum absolute atomic E-state index is 0.0604. The molecule has 0 saturated carbocycles. The average Bonchev–Trinajstić information content (AvgIpc) is 3.68. The lowest BCUT2D eigenvalue weighted by Crippen LogP contribution is -2.19. The molecule has 40 heavy (non-hydrogen) atoms. The summed E-state index contributed by atoms with van der Waals surface area (Å²) in [6.45, 7) is -0.128. The zero-order chi connectivity index (χ0) is 28.6. The zero-order valence-corrected chi connectivity index (χ0v) is 21.5. The van der Waals surface area contributed by atoms with Crippen LogP contribution in [0, 0.1) is 0 Å². The van der Waals surface area contributed by atoms with Crippen molar-refractivity contribution in [2.75, 3.05) is 24.4 Å². The molecule has 0 aliphatic carbocycles. The molecular formula is C20H27N10O9P. The Morgan fingerprint density at radius 2 is 1.40 bits per heavy atom. The number of aliphatic hydroxyl groups is 3. The van der Waals surface area contributed by atoms with Crippen molar-refractivity contribution >= 4 is 41.6 Å². The van der Waals surface area contributed by atoms with Gasteiger partial charge in [0.15, 0.2) is 48.0 Å². The fourth-order valence-electron chi connectivity index (χ4n) is 4.36. The SMILES string of the molecule is Nc1ncnc2c1ncn2[C@@H]1O[C@H](CO)C[C@@H]1O.Nc1ncnc2c1ncn2[C@@H]1O[C@H](OCP(=O)(O)O)C[C@@H]1O. The maximum absolute atomic E-state index is 10.8. The number of aliphatic hydroxyl groups excluding tert-OH is 3. The van der Waals surface area contributed by atoms with E-state index >= 15 is 0 Å². The fraction of sp³-hybridized carbons (Fsp3) is 0.500. The Balaban J connectivity index is 0.000000164. The van der Waals surface area contributed by atoms with Crippen LogP contribution in [0.1, 0.15) is 25.3 Å². The van der Waals surface area contributed by atoms with E-state index in [9.17, 15) is 14.8 Å². The predicted octanol–water partition coefficient (Wildman–Crippen LogP) is -1.78. The van der Waals surface area contributed by atoms with Gasteiger partial charge in [0.05, 0.1) is 25.4 Å². The van der Waals surface area contributed by atoms with E-state index in [4.69, 9.17) is 40.6 Å². The summed E-state index contributed by atoms with van der Waals surface area (Å²) >= 11 is 0. The number of nitrogens with zero attached hydrogens (tertiary/aromatic N) is 8. The molecule has 2 aliphatic heterocycles. The van der Waals surface area contributed by atoms with Crippen LogP contribution in [0.25, 0.3) is 22.3 Å². The molecule has 20 heteroatoms. The summed E-state index contributed by atoms with van der Waals surface area (Å²) in [5, 5.41) is 29.0. The van der Waals surface area contributed by atoms with Crippen LogP contribution in [-0.2, 0) is 18.8 Å². The highest BCUT2D eigenvalue weighted by atomic mass is 31.2. The molecule has 6 atom stereocenters. The molecule has 0 bridgehead atoms. The van der Waals surface area contributed by atoms with Gasteiger partial charge in [-0.25, -0.2) is 29.9 Å². The first-order chi connectivity index (χ1) is 19.1. The Kier molecular flexibility index (Phi) is 7.91. The molecule has 0 spiro atoms. The van der Waals surface area contributed by atoms with Gasteiger partial charge in [-0.05, 0) is 0 Å². The van der Waals surface area contributed by atoms with E-state index in [1.54, 1.807) is 4.57 Å². The molecule has 2 fully saturated rings. The Bertz CT molecular complexity index is 1530. The third-order valence-corrected chi connectivity index (χ3v) is 6.66. The van der Waals surface area contributed by atoms with Crippen molar-refractivity contribution in [1.29, 1.82) is 0 Å². The van der Waals surface area contributed by atoms with Crippen LogP contribution in [-0.4, -0.2) is 102 Å². The van der Waals surface area contributed by atoms with Gasteiger partial charge in [0.25, 0.3) is 0 Å². The molecule has 6 heterocycles. The van der Waals surface area contributed by atoms with Gasteiger partial charge in [-0.2, -0.15) is 0 Å². The molecule has 0 aromatic carbocycles. The van der Waals surface area contributed by atoms with Crippen LogP contribution in [0.2, 0.25) is 0 Å². The van der Waals surface area contributed by atoms with Crippen molar-refractivity contribution in [2.24, 2.45) is 0 Å². The van der Waals surface area contributed by atoms with Crippen LogP contribution in [0.4, 0.5) is 11.6 Å². The lowest BCUT2D eigenvalue weighted by atomic mass is 10.2. The summed E-state index contributed by atoms with van der Waals surface area (Å²) < 4.78 is 29.8. The number of nitrogen functional groups attached to an aromatic ring is 2. The average molecular weight is 582 g/mol. The second kappa shape index (κ2) is 11.2. The first kappa shape index (κ1) is 28.1. The minimum atomic E-state index is -4.30. The largest absolute Gasteiger partial charge is 0.394 e. The molecule has 19 nitrogen and oxygen atoms in total. The number of imidazole rings is 2. The lowest BCUT2D eigenvalue weighted by molar-refractivity contribution is -0.145. The molecule has 4 aromatic heterocycles. The maximum atomic E-state index is 10.8. The van der Waals surface area contributed by atoms with Crippen LogP contribution < -0.4 is 11.5 Å². The van der Waals surface area contributed by atoms with Gasteiger partial charge in [0.1, 0.15) is 35.9 Å². The third kappa shape index (κ3) is 5.73. The Hall–Kier alpha value is -3.39. The molecule has 0 unspecified atom stereocenters. The number of hydrogen-bond donors (Lipinski definition) is 7. The zero-order valence-electron chi connectivity index (χ0n) is 20.7.